The fourth-order valence-corrected chi connectivity index (χ4v) is 5.55. The van der Waals surface area contributed by atoms with Crippen LogP contribution in [0.5, 0.6) is 11.5 Å². The molecule has 0 aliphatic carbocycles. The first-order valence-corrected chi connectivity index (χ1v) is 15.3. The van der Waals surface area contributed by atoms with Crippen molar-refractivity contribution in [2.24, 2.45) is 0 Å². The Balaban J connectivity index is 1.74. The predicted octanol–water partition coefficient (Wildman–Crippen LogP) is 4.39. The number of halogens is 1. The van der Waals surface area contributed by atoms with Crippen molar-refractivity contribution in [1.82, 2.24) is 10.2 Å². The fourth-order valence-electron chi connectivity index (χ4n) is 4.49. The summed E-state index contributed by atoms with van der Waals surface area (Å²) < 4.78 is 37.7. The first-order chi connectivity index (χ1) is 19.3. The number of hydrogen-bond acceptors (Lipinski definition) is 6. The Bertz CT molecular complexity index is 1510. The van der Waals surface area contributed by atoms with E-state index in [-0.39, 0.29) is 31.4 Å². The standard InChI is InChI=1S/C30H34ClN3O6S/c1-30(2,3)32-29(36)25(16-21-9-6-5-7-10-21)33(18-22-11-8-12-23(31)15-22)28(35)19-34(41(4,37)38)24-13-14-26-27(17-24)40-20-39-26/h5-15,17,25H,16,18-20H2,1-4H3,(H,32,36)/t25-/m0/s1. The largest absolute Gasteiger partial charge is 0.454 e. The van der Waals surface area contributed by atoms with Gasteiger partial charge in [-0.25, -0.2) is 8.42 Å². The molecule has 218 valence electrons. The van der Waals surface area contributed by atoms with E-state index in [9.17, 15) is 18.0 Å². The van der Waals surface area contributed by atoms with Crippen LogP contribution in [-0.4, -0.2) is 56.3 Å². The Hall–Kier alpha value is -3.76. The Morgan fingerprint density at radius 3 is 2.29 bits per heavy atom. The van der Waals surface area contributed by atoms with E-state index in [0.717, 1.165) is 16.1 Å². The minimum Gasteiger partial charge on any atom is -0.454 e. The van der Waals surface area contributed by atoms with Gasteiger partial charge >= 0.3 is 0 Å². The van der Waals surface area contributed by atoms with Gasteiger partial charge in [0.05, 0.1) is 11.9 Å². The van der Waals surface area contributed by atoms with E-state index < -0.39 is 34.1 Å². The summed E-state index contributed by atoms with van der Waals surface area (Å²) in [7, 11) is -3.91. The number of rotatable bonds is 10. The van der Waals surface area contributed by atoms with E-state index in [0.29, 0.717) is 22.1 Å². The molecule has 2 amide bonds. The molecular weight excluding hydrogens is 566 g/mol. The van der Waals surface area contributed by atoms with Gasteiger partial charge < -0.3 is 19.7 Å². The second-order valence-electron chi connectivity index (χ2n) is 10.9. The molecule has 11 heteroatoms. The Morgan fingerprint density at radius 1 is 0.951 bits per heavy atom. The first kappa shape index (κ1) is 30.2. The number of nitrogens with one attached hydrogen (secondary N) is 1. The molecule has 0 saturated carbocycles. The molecule has 1 aliphatic heterocycles. The molecule has 1 N–H and O–H groups in total. The number of carbonyl (C=O) groups excluding carboxylic acids is 2. The van der Waals surface area contributed by atoms with E-state index in [4.69, 9.17) is 21.1 Å². The van der Waals surface area contributed by atoms with Gasteiger partial charge in [-0.2, -0.15) is 0 Å². The normalized spacial score (nSPS) is 13.4. The van der Waals surface area contributed by atoms with Crippen LogP contribution >= 0.6 is 11.6 Å². The van der Waals surface area contributed by atoms with Crippen LogP contribution in [0.4, 0.5) is 5.69 Å². The number of amides is 2. The van der Waals surface area contributed by atoms with E-state index >= 15 is 0 Å². The molecule has 0 bridgehead atoms. The quantitative estimate of drug-likeness (QED) is 0.371. The first-order valence-electron chi connectivity index (χ1n) is 13.1. The van der Waals surface area contributed by atoms with E-state index in [2.05, 4.69) is 5.32 Å². The smallest absolute Gasteiger partial charge is 0.244 e. The third kappa shape index (κ3) is 8.14. The van der Waals surface area contributed by atoms with E-state index in [1.165, 1.54) is 11.0 Å². The topological polar surface area (TPSA) is 105 Å². The highest BCUT2D eigenvalue weighted by Crippen LogP contribution is 2.36. The van der Waals surface area contributed by atoms with Crippen LogP contribution in [0.2, 0.25) is 5.02 Å². The van der Waals surface area contributed by atoms with Crippen LogP contribution < -0.4 is 19.1 Å². The summed E-state index contributed by atoms with van der Waals surface area (Å²) in [5.74, 6) is -0.0486. The molecular formula is C30H34ClN3O6S. The lowest BCUT2D eigenvalue weighted by Crippen LogP contribution is -2.56. The van der Waals surface area contributed by atoms with Crippen LogP contribution in [0.3, 0.4) is 0 Å². The summed E-state index contributed by atoms with van der Waals surface area (Å²) in [6.07, 6.45) is 1.25. The zero-order valence-corrected chi connectivity index (χ0v) is 25.0. The molecule has 1 heterocycles. The lowest BCUT2D eigenvalue weighted by atomic mass is 10.0. The zero-order valence-electron chi connectivity index (χ0n) is 23.5. The highest BCUT2D eigenvalue weighted by molar-refractivity contribution is 7.92. The van der Waals surface area contributed by atoms with Crippen molar-refractivity contribution in [2.45, 2.75) is 45.3 Å². The molecule has 0 unspecified atom stereocenters. The van der Waals surface area contributed by atoms with Crippen LogP contribution in [0, 0.1) is 0 Å². The highest BCUT2D eigenvalue weighted by atomic mass is 35.5. The summed E-state index contributed by atoms with van der Waals surface area (Å²) in [4.78, 5) is 29.3. The minimum atomic E-state index is -3.91. The van der Waals surface area contributed by atoms with Crippen molar-refractivity contribution in [3.63, 3.8) is 0 Å². The number of carbonyl (C=O) groups is 2. The maximum atomic E-state index is 14.1. The van der Waals surface area contributed by atoms with Gasteiger partial charge in [0.25, 0.3) is 0 Å². The maximum Gasteiger partial charge on any atom is 0.244 e. The highest BCUT2D eigenvalue weighted by Gasteiger charge is 2.34. The molecule has 4 rings (SSSR count). The number of nitrogens with zero attached hydrogens (tertiary/aromatic N) is 2. The number of anilines is 1. The molecule has 3 aromatic carbocycles. The van der Waals surface area contributed by atoms with Gasteiger partial charge in [0, 0.05) is 29.6 Å². The molecule has 1 aliphatic rings. The molecule has 0 aromatic heterocycles. The van der Waals surface area contributed by atoms with Crippen molar-refractivity contribution < 1.29 is 27.5 Å². The number of sulfonamides is 1. The molecule has 0 spiro atoms. The molecule has 0 saturated heterocycles. The molecule has 0 fully saturated rings. The van der Waals surface area contributed by atoms with Crippen molar-refractivity contribution >= 4 is 39.1 Å². The summed E-state index contributed by atoms with van der Waals surface area (Å²) in [6, 6.07) is 20.1. The van der Waals surface area contributed by atoms with E-state index in [1.54, 1.807) is 36.4 Å². The minimum absolute atomic E-state index is 0.0219. The average Bonchev–Trinajstić information content (AvgIpc) is 3.36. The van der Waals surface area contributed by atoms with Crippen molar-refractivity contribution in [3.05, 3.63) is 88.9 Å². The van der Waals surface area contributed by atoms with Gasteiger partial charge in [0.2, 0.25) is 28.6 Å². The van der Waals surface area contributed by atoms with Crippen molar-refractivity contribution in [1.29, 1.82) is 0 Å². The van der Waals surface area contributed by atoms with Crippen molar-refractivity contribution in [2.75, 3.05) is 23.9 Å². The van der Waals surface area contributed by atoms with Crippen molar-refractivity contribution in [3.8, 4) is 11.5 Å². The van der Waals surface area contributed by atoms with Gasteiger partial charge in [-0.05, 0) is 56.2 Å². The van der Waals surface area contributed by atoms with Crippen LogP contribution in [0.15, 0.2) is 72.8 Å². The molecule has 0 radical (unpaired) electrons. The lowest BCUT2D eigenvalue weighted by molar-refractivity contribution is -0.140. The Morgan fingerprint density at radius 2 is 1.63 bits per heavy atom. The average molecular weight is 600 g/mol. The molecule has 1 atom stereocenters. The second kappa shape index (κ2) is 12.4. The predicted molar refractivity (Wildman–Crippen MR) is 159 cm³/mol. The number of benzene rings is 3. The van der Waals surface area contributed by atoms with Gasteiger partial charge in [0.15, 0.2) is 11.5 Å². The summed E-state index contributed by atoms with van der Waals surface area (Å²) in [6.45, 7) is 5.10. The number of ether oxygens (including phenoxy) is 2. The van der Waals surface area contributed by atoms with Crippen LogP contribution in [0.1, 0.15) is 31.9 Å². The summed E-state index contributed by atoms with van der Waals surface area (Å²) >= 11 is 6.25. The third-order valence-corrected chi connectivity index (χ3v) is 7.71. The Labute approximate surface area is 246 Å². The van der Waals surface area contributed by atoms with Crippen LogP contribution in [0.25, 0.3) is 0 Å². The second-order valence-corrected chi connectivity index (χ2v) is 13.2. The van der Waals surface area contributed by atoms with Gasteiger partial charge in [-0.15, -0.1) is 0 Å². The maximum absolute atomic E-state index is 14.1. The van der Waals surface area contributed by atoms with Gasteiger partial charge in [-0.3, -0.25) is 13.9 Å². The Kier molecular flexibility index (Phi) is 9.14. The zero-order chi connectivity index (χ0) is 29.8. The monoisotopic (exact) mass is 599 g/mol. The SMILES string of the molecule is CC(C)(C)NC(=O)[C@H](Cc1ccccc1)N(Cc1cccc(Cl)c1)C(=O)CN(c1ccc2c(c1)OCO2)S(C)(=O)=O. The molecule has 9 nitrogen and oxygen atoms in total. The lowest BCUT2D eigenvalue weighted by Gasteiger charge is -2.35. The van der Waals surface area contributed by atoms with Gasteiger partial charge in [-0.1, -0.05) is 54.1 Å². The van der Waals surface area contributed by atoms with E-state index in [1.807, 2.05) is 51.1 Å². The molecule has 41 heavy (non-hydrogen) atoms. The third-order valence-electron chi connectivity index (χ3n) is 6.33. The summed E-state index contributed by atoms with van der Waals surface area (Å²) in [5.41, 5.74) is 1.22. The van der Waals surface area contributed by atoms with Gasteiger partial charge in [0.1, 0.15) is 12.6 Å². The molecule has 3 aromatic rings. The summed E-state index contributed by atoms with van der Waals surface area (Å²) in [5, 5.41) is 3.47. The number of fused-ring (bicyclic) bond motifs is 1. The number of hydrogen-bond donors (Lipinski definition) is 1. The fraction of sp³-hybridized carbons (Fsp3) is 0.333. The van der Waals surface area contributed by atoms with Crippen LogP contribution in [-0.2, 0) is 32.6 Å².